The quantitative estimate of drug-likeness (QED) is 0.171. The van der Waals surface area contributed by atoms with Crippen LogP contribution in [0.25, 0.3) is 0 Å². The van der Waals surface area contributed by atoms with E-state index in [1.165, 1.54) is 29.8 Å². The molecular weight excluding hydrogens is 606 g/mol. The van der Waals surface area contributed by atoms with Gasteiger partial charge in [-0.05, 0) is 104 Å². The van der Waals surface area contributed by atoms with Gasteiger partial charge in [0.05, 0.1) is 21.9 Å². The Morgan fingerprint density at radius 3 is 1.54 bits per heavy atom. The van der Waals surface area contributed by atoms with Crippen LogP contribution in [0, 0.1) is 0 Å². The second-order valence-electron chi connectivity index (χ2n) is 13.5. The molecule has 6 aromatic carbocycles. The second-order valence-corrected chi connectivity index (χ2v) is 13.9. The van der Waals surface area contributed by atoms with Crippen LogP contribution in [-0.2, 0) is 5.41 Å². The predicted octanol–water partition coefficient (Wildman–Crippen LogP) is 13.0. The fourth-order valence-electron chi connectivity index (χ4n) is 8.28. The van der Waals surface area contributed by atoms with Crippen molar-refractivity contribution in [2.75, 3.05) is 14.7 Å². The minimum Gasteiger partial charge on any atom is -0.334 e. The molecule has 8 rings (SSSR count). The van der Waals surface area contributed by atoms with Crippen molar-refractivity contribution in [2.24, 2.45) is 0 Å². The molecule has 2 atom stereocenters. The number of para-hydroxylation sites is 4. The molecule has 1 saturated carbocycles. The summed E-state index contributed by atoms with van der Waals surface area (Å²) in [6.07, 6.45) is 4.80. The standard InChI is InChI=1S/C44H40ClN3/c1-43-30-15-16-31-44(43,2)48(36-24-13-6-14-25-36)39-29-28-37(32-38(39)43)47(35-22-11-5-12-23-35)41-27-17-26-40(42(41)45)46(33-18-7-3-8-19-33)34-20-9-4-10-21-34/h3-14,17-29,32H,15-16,30-31H2,1-2H3. The van der Waals surface area contributed by atoms with Gasteiger partial charge in [0.2, 0.25) is 0 Å². The van der Waals surface area contributed by atoms with Gasteiger partial charge in [-0.15, -0.1) is 0 Å². The highest BCUT2D eigenvalue weighted by Crippen LogP contribution is 2.61. The van der Waals surface area contributed by atoms with E-state index in [2.05, 4.69) is 174 Å². The number of fused-ring (bicyclic) bond motifs is 3. The first kappa shape index (κ1) is 30.4. The van der Waals surface area contributed by atoms with Crippen LogP contribution in [0.2, 0.25) is 5.02 Å². The summed E-state index contributed by atoms with van der Waals surface area (Å²) in [4.78, 5) is 7.20. The molecule has 1 aliphatic carbocycles. The minimum atomic E-state index is -0.0193. The van der Waals surface area contributed by atoms with Crippen LogP contribution in [0.1, 0.15) is 45.1 Å². The van der Waals surface area contributed by atoms with Crippen LogP contribution < -0.4 is 14.7 Å². The molecule has 0 N–H and O–H groups in total. The van der Waals surface area contributed by atoms with Crippen LogP contribution in [0.3, 0.4) is 0 Å². The van der Waals surface area contributed by atoms with Gasteiger partial charge in [0.25, 0.3) is 0 Å². The van der Waals surface area contributed by atoms with E-state index in [0.29, 0.717) is 5.02 Å². The molecule has 2 aliphatic rings. The molecule has 4 heteroatoms. The van der Waals surface area contributed by atoms with Crippen molar-refractivity contribution in [1.82, 2.24) is 0 Å². The Kier molecular flexibility index (Phi) is 7.73. The van der Waals surface area contributed by atoms with Gasteiger partial charge in [0.15, 0.2) is 0 Å². The summed E-state index contributed by atoms with van der Waals surface area (Å²) < 4.78 is 0. The molecule has 0 aromatic heterocycles. The average Bonchev–Trinajstić information content (AvgIpc) is 3.34. The molecule has 6 aromatic rings. The molecule has 1 aliphatic heterocycles. The topological polar surface area (TPSA) is 9.72 Å². The van der Waals surface area contributed by atoms with Gasteiger partial charge in [-0.3, -0.25) is 0 Å². The van der Waals surface area contributed by atoms with Crippen LogP contribution in [-0.4, -0.2) is 5.54 Å². The number of hydrogen-bond donors (Lipinski definition) is 0. The van der Waals surface area contributed by atoms with E-state index in [0.717, 1.165) is 47.0 Å². The molecule has 238 valence electrons. The second kappa shape index (κ2) is 12.2. The van der Waals surface area contributed by atoms with Crippen LogP contribution in [0.4, 0.5) is 45.5 Å². The van der Waals surface area contributed by atoms with Crippen molar-refractivity contribution in [2.45, 2.75) is 50.5 Å². The van der Waals surface area contributed by atoms with Crippen molar-refractivity contribution in [3.05, 3.63) is 168 Å². The van der Waals surface area contributed by atoms with Crippen molar-refractivity contribution < 1.29 is 0 Å². The molecule has 2 unspecified atom stereocenters. The highest BCUT2D eigenvalue weighted by Gasteiger charge is 2.57. The first-order valence-electron chi connectivity index (χ1n) is 17.0. The number of benzene rings is 6. The molecule has 0 radical (unpaired) electrons. The molecule has 3 nitrogen and oxygen atoms in total. The van der Waals surface area contributed by atoms with Gasteiger partial charge in [-0.1, -0.05) is 110 Å². The van der Waals surface area contributed by atoms with E-state index in [-0.39, 0.29) is 11.0 Å². The Labute approximate surface area is 289 Å². The summed E-state index contributed by atoms with van der Waals surface area (Å²) in [7, 11) is 0. The Morgan fingerprint density at radius 2 is 1.00 bits per heavy atom. The largest absolute Gasteiger partial charge is 0.334 e. The van der Waals surface area contributed by atoms with E-state index in [1.807, 2.05) is 12.1 Å². The SMILES string of the molecule is CC12CCCCC1(C)N(c1ccccc1)c1ccc(N(c3ccccc3)c3cccc(N(c4ccccc4)c4ccccc4)c3Cl)cc12. The third-order valence-electron chi connectivity index (χ3n) is 10.8. The number of hydrogen-bond acceptors (Lipinski definition) is 3. The monoisotopic (exact) mass is 645 g/mol. The lowest BCUT2D eigenvalue weighted by Crippen LogP contribution is -2.54. The van der Waals surface area contributed by atoms with Crippen molar-refractivity contribution in [3.63, 3.8) is 0 Å². The van der Waals surface area contributed by atoms with Crippen molar-refractivity contribution >= 4 is 57.1 Å². The molecule has 0 amide bonds. The molecule has 1 fully saturated rings. The molecular formula is C44H40ClN3. The fourth-order valence-corrected chi connectivity index (χ4v) is 8.58. The summed E-state index contributed by atoms with van der Waals surface area (Å²) >= 11 is 7.59. The number of nitrogens with zero attached hydrogens (tertiary/aromatic N) is 3. The Hall–Kier alpha value is -4.99. The maximum absolute atomic E-state index is 7.59. The molecule has 0 saturated heterocycles. The average molecular weight is 646 g/mol. The lowest BCUT2D eigenvalue weighted by Gasteiger charge is -2.50. The lowest BCUT2D eigenvalue weighted by atomic mass is 9.61. The zero-order valence-corrected chi connectivity index (χ0v) is 28.3. The Morgan fingerprint density at radius 1 is 0.521 bits per heavy atom. The van der Waals surface area contributed by atoms with Gasteiger partial charge >= 0.3 is 0 Å². The molecule has 1 heterocycles. The van der Waals surface area contributed by atoms with Crippen LogP contribution >= 0.6 is 11.6 Å². The first-order valence-corrected chi connectivity index (χ1v) is 17.4. The van der Waals surface area contributed by atoms with E-state index < -0.39 is 0 Å². The van der Waals surface area contributed by atoms with Crippen LogP contribution in [0.15, 0.2) is 158 Å². The molecule has 0 spiro atoms. The lowest BCUT2D eigenvalue weighted by molar-refractivity contribution is 0.195. The Bertz CT molecular complexity index is 1990. The van der Waals surface area contributed by atoms with Crippen molar-refractivity contribution in [1.29, 1.82) is 0 Å². The van der Waals surface area contributed by atoms with Crippen LogP contribution in [0.5, 0.6) is 0 Å². The van der Waals surface area contributed by atoms with Gasteiger partial charge in [-0.2, -0.15) is 0 Å². The minimum absolute atomic E-state index is 0.00213. The van der Waals surface area contributed by atoms with Gasteiger partial charge in [0.1, 0.15) is 0 Å². The summed E-state index contributed by atoms with van der Waals surface area (Å²) in [5, 5.41) is 0.689. The third kappa shape index (κ3) is 4.88. The fraction of sp³-hybridized carbons (Fsp3) is 0.182. The maximum Gasteiger partial charge on any atom is 0.0887 e. The highest BCUT2D eigenvalue weighted by atomic mass is 35.5. The normalized spacial score (nSPS) is 19.8. The summed E-state index contributed by atoms with van der Waals surface area (Å²) in [5.41, 5.74) is 10.1. The van der Waals surface area contributed by atoms with E-state index in [1.54, 1.807) is 0 Å². The summed E-state index contributed by atoms with van der Waals surface area (Å²) in [6.45, 7) is 4.98. The number of halogens is 1. The molecule has 48 heavy (non-hydrogen) atoms. The predicted molar refractivity (Wildman–Crippen MR) is 204 cm³/mol. The van der Waals surface area contributed by atoms with E-state index in [4.69, 9.17) is 11.6 Å². The summed E-state index contributed by atoms with van der Waals surface area (Å²) in [6, 6.07) is 55.9. The zero-order chi connectivity index (χ0) is 32.7. The first-order chi connectivity index (χ1) is 23.5. The smallest absolute Gasteiger partial charge is 0.0887 e. The number of rotatable bonds is 7. The zero-order valence-electron chi connectivity index (χ0n) is 27.6. The highest BCUT2D eigenvalue weighted by molar-refractivity contribution is 6.36. The van der Waals surface area contributed by atoms with E-state index in [9.17, 15) is 0 Å². The molecule has 0 bridgehead atoms. The van der Waals surface area contributed by atoms with Gasteiger partial charge < -0.3 is 14.7 Å². The third-order valence-corrected chi connectivity index (χ3v) is 11.2. The van der Waals surface area contributed by atoms with Gasteiger partial charge in [0, 0.05) is 39.5 Å². The summed E-state index contributed by atoms with van der Waals surface area (Å²) in [5.74, 6) is 0. The maximum atomic E-state index is 7.59. The number of anilines is 8. The van der Waals surface area contributed by atoms with Gasteiger partial charge in [-0.25, -0.2) is 0 Å². The van der Waals surface area contributed by atoms with Crippen molar-refractivity contribution in [3.8, 4) is 0 Å². The Balaban J connectivity index is 1.31. The van der Waals surface area contributed by atoms with E-state index >= 15 is 0 Å².